The SMILES string of the molecule is Cc1cc(-c2nc3ccc(CN)cc3n2C)n(C)n1. The lowest BCUT2D eigenvalue weighted by molar-refractivity contribution is 0.754. The monoisotopic (exact) mass is 255 g/mol. The van der Waals surface area contributed by atoms with E-state index in [4.69, 9.17) is 10.7 Å². The molecule has 0 fully saturated rings. The first kappa shape index (κ1) is 11.9. The Balaban J connectivity index is 2.25. The van der Waals surface area contributed by atoms with Gasteiger partial charge in [0.15, 0.2) is 5.82 Å². The molecule has 0 amide bonds. The molecule has 1 aromatic carbocycles. The van der Waals surface area contributed by atoms with Crippen molar-refractivity contribution in [2.45, 2.75) is 13.5 Å². The maximum Gasteiger partial charge on any atom is 0.159 e. The van der Waals surface area contributed by atoms with Crippen molar-refractivity contribution in [1.29, 1.82) is 0 Å². The van der Waals surface area contributed by atoms with Crippen molar-refractivity contribution in [2.75, 3.05) is 0 Å². The smallest absolute Gasteiger partial charge is 0.159 e. The van der Waals surface area contributed by atoms with Crippen LogP contribution in [0.2, 0.25) is 0 Å². The van der Waals surface area contributed by atoms with Gasteiger partial charge < -0.3 is 10.3 Å². The fourth-order valence-corrected chi connectivity index (χ4v) is 2.41. The number of aryl methyl sites for hydroxylation is 3. The molecule has 0 spiro atoms. The summed E-state index contributed by atoms with van der Waals surface area (Å²) >= 11 is 0. The molecule has 5 nitrogen and oxygen atoms in total. The van der Waals surface area contributed by atoms with E-state index in [-0.39, 0.29) is 0 Å². The van der Waals surface area contributed by atoms with E-state index < -0.39 is 0 Å². The molecule has 19 heavy (non-hydrogen) atoms. The number of nitrogens with zero attached hydrogens (tertiary/aromatic N) is 4. The number of hydrogen-bond donors (Lipinski definition) is 1. The minimum Gasteiger partial charge on any atom is -0.326 e. The lowest BCUT2D eigenvalue weighted by Gasteiger charge is -2.03. The highest BCUT2D eigenvalue weighted by Crippen LogP contribution is 2.24. The van der Waals surface area contributed by atoms with Crippen LogP contribution in [-0.4, -0.2) is 19.3 Å². The molecule has 0 unspecified atom stereocenters. The molecular formula is C14H17N5. The van der Waals surface area contributed by atoms with Crippen LogP contribution in [0.4, 0.5) is 0 Å². The Kier molecular flexibility index (Phi) is 2.64. The minimum absolute atomic E-state index is 0.543. The first-order chi connectivity index (χ1) is 9.10. The first-order valence-electron chi connectivity index (χ1n) is 6.26. The molecule has 0 atom stereocenters. The molecule has 0 saturated carbocycles. The van der Waals surface area contributed by atoms with Gasteiger partial charge in [0.25, 0.3) is 0 Å². The Labute approximate surface area is 111 Å². The molecule has 2 heterocycles. The van der Waals surface area contributed by atoms with Crippen molar-refractivity contribution in [3.8, 4) is 11.5 Å². The summed E-state index contributed by atoms with van der Waals surface area (Å²) in [6.45, 7) is 2.53. The van der Waals surface area contributed by atoms with Gasteiger partial charge in [-0.1, -0.05) is 6.07 Å². The summed E-state index contributed by atoms with van der Waals surface area (Å²) < 4.78 is 3.95. The van der Waals surface area contributed by atoms with Gasteiger partial charge in [-0.05, 0) is 30.7 Å². The lowest BCUT2D eigenvalue weighted by Crippen LogP contribution is -2.00. The van der Waals surface area contributed by atoms with Crippen LogP contribution in [0.5, 0.6) is 0 Å². The van der Waals surface area contributed by atoms with Gasteiger partial charge in [-0.3, -0.25) is 4.68 Å². The second-order valence-electron chi connectivity index (χ2n) is 4.82. The van der Waals surface area contributed by atoms with Gasteiger partial charge >= 0.3 is 0 Å². The average Bonchev–Trinajstić information content (AvgIpc) is 2.89. The normalized spacial score (nSPS) is 11.4. The third kappa shape index (κ3) is 1.82. The van der Waals surface area contributed by atoms with Crippen LogP contribution in [0, 0.1) is 6.92 Å². The van der Waals surface area contributed by atoms with Gasteiger partial charge in [0.05, 0.1) is 16.7 Å². The van der Waals surface area contributed by atoms with Crippen LogP contribution >= 0.6 is 0 Å². The second-order valence-corrected chi connectivity index (χ2v) is 4.82. The molecule has 0 aliphatic rings. The molecule has 2 N–H and O–H groups in total. The zero-order valence-electron chi connectivity index (χ0n) is 11.4. The zero-order valence-corrected chi connectivity index (χ0v) is 11.4. The molecule has 5 heteroatoms. The Bertz CT molecular complexity index is 751. The van der Waals surface area contributed by atoms with E-state index in [1.54, 1.807) is 0 Å². The fourth-order valence-electron chi connectivity index (χ4n) is 2.41. The van der Waals surface area contributed by atoms with Crippen LogP contribution in [0.1, 0.15) is 11.3 Å². The van der Waals surface area contributed by atoms with Crippen molar-refractivity contribution in [2.24, 2.45) is 19.8 Å². The zero-order chi connectivity index (χ0) is 13.6. The fraction of sp³-hybridized carbons (Fsp3) is 0.286. The molecule has 0 aliphatic heterocycles. The Morgan fingerprint density at radius 2 is 2.00 bits per heavy atom. The summed E-state index contributed by atoms with van der Waals surface area (Å²) in [6, 6.07) is 8.18. The standard InChI is InChI=1S/C14H17N5/c1-9-6-13(19(3)17-9)14-16-11-5-4-10(8-15)7-12(11)18(14)2/h4-7H,8,15H2,1-3H3. The maximum atomic E-state index is 5.69. The minimum atomic E-state index is 0.543. The Morgan fingerprint density at radius 3 is 2.63 bits per heavy atom. The lowest BCUT2D eigenvalue weighted by atomic mass is 10.2. The van der Waals surface area contributed by atoms with E-state index in [2.05, 4.69) is 15.7 Å². The summed E-state index contributed by atoms with van der Waals surface area (Å²) in [5.41, 5.74) is 10.9. The van der Waals surface area contributed by atoms with E-state index in [1.807, 2.05) is 43.9 Å². The van der Waals surface area contributed by atoms with Gasteiger partial charge in [0, 0.05) is 20.6 Å². The highest BCUT2D eigenvalue weighted by molar-refractivity contribution is 5.80. The van der Waals surface area contributed by atoms with Crippen LogP contribution < -0.4 is 5.73 Å². The maximum absolute atomic E-state index is 5.69. The van der Waals surface area contributed by atoms with E-state index in [0.29, 0.717) is 6.54 Å². The summed E-state index contributed by atoms with van der Waals surface area (Å²) in [7, 11) is 3.96. The third-order valence-electron chi connectivity index (χ3n) is 3.41. The summed E-state index contributed by atoms with van der Waals surface area (Å²) in [4.78, 5) is 4.69. The number of aromatic nitrogens is 4. The predicted octanol–water partition coefficient (Wildman–Crippen LogP) is 1.74. The van der Waals surface area contributed by atoms with E-state index in [1.165, 1.54) is 0 Å². The van der Waals surface area contributed by atoms with Crippen LogP contribution in [0.25, 0.3) is 22.6 Å². The van der Waals surface area contributed by atoms with Gasteiger partial charge in [-0.25, -0.2) is 4.98 Å². The molecule has 3 rings (SSSR count). The van der Waals surface area contributed by atoms with Crippen molar-refractivity contribution < 1.29 is 0 Å². The highest BCUT2D eigenvalue weighted by Gasteiger charge is 2.13. The van der Waals surface area contributed by atoms with Gasteiger partial charge in [-0.2, -0.15) is 5.10 Å². The Hall–Kier alpha value is -2.14. The molecule has 2 aromatic heterocycles. The number of hydrogen-bond acceptors (Lipinski definition) is 3. The summed E-state index contributed by atoms with van der Waals surface area (Å²) in [6.07, 6.45) is 0. The van der Waals surface area contributed by atoms with Crippen molar-refractivity contribution >= 4 is 11.0 Å². The van der Waals surface area contributed by atoms with E-state index >= 15 is 0 Å². The van der Waals surface area contributed by atoms with E-state index in [0.717, 1.165) is 33.8 Å². The van der Waals surface area contributed by atoms with Crippen molar-refractivity contribution in [1.82, 2.24) is 19.3 Å². The largest absolute Gasteiger partial charge is 0.326 e. The number of fused-ring (bicyclic) bond motifs is 1. The van der Waals surface area contributed by atoms with Gasteiger partial charge in [0.2, 0.25) is 0 Å². The molecule has 3 aromatic rings. The molecular weight excluding hydrogens is 238 g/mol. The molecule has 0 aliphatic carbocycles. The van der Waals surface area contributed by atoms with Crippen LogP contribution in [0.15, 0.2) is 24.3 Å². The molecule has 0 saturated heterocycles. The van der Waals surface area contributed by atoms with E-state index in [9.17, 15) is 0 Å². The third-order valence-corrected chi connectivity index (χ3v) is 3.41. The topological polar surface area (TPSA) is 61.7 Å². The highest BCUT2D eigenvalue weighted by atomic mass is 15.3. The molecule has 98 valence electrons. The number of benzene rings is 1. The van der Waals surface area contributed by atoms with Crippen molar-refractivity contribution in [3.63, 3.8) is 0 Å². The Morgan fingerprint density at radius 1 is 1.21 bits per heavy atom. The summed E-state index contributed by atoms with van der Waals surface area (Å²) in [5.74, 6) is 0.923. The second kappa shape index (κ2) is 4.20. The molecule has 0 bridgehead atoms. The predicted molar refractivity (Wildman–Crippen MR) is 75.5 cm³/mol. The number of imidazole rings is 1. The van der Waals surface area contributed by atoms with Crippen molar-refractivity contribution in [3.05, 3.63) is 35.5 Å². The van der Waals surface area contributed by atoms with Crippen LogP contribution in [0.3, 0.4) is 0 Å². The van der Waals surface area contributed by atoms with Crippen LogP contribution in [-0.2, 0) is 20.6 Å². The summed E-state index contributed by atoms with van der Waals surface area (Å²) in [5, 5.41) is 4.38. The molecule has 0 radical (unpaired) electrons. The number of nitrogens with two attached hydrogens (primary N) is 1. The first-order valence-corrected chi connectivity index (χ1v) is 6.26. The average molecular weight is 255 g/mol. The van der Waals surface area contributed by atoms with Gasteiger partial charge in [-0.15, -0.1) is 0 Å². The quantitative estimate of drug-likeness (QED) is 0.758. The van der Waals surface area contributed by atoms with Gasteiger partial charge in [0.1, 0.15) is 5.69 Å². The number of rotatable bonds is 2.